The molecule has 0 fully saturated rings. The summed E-state index contributed by atoms with van der Waals surface area (Å²) in [6.07, 6.45) is 3.68. The van der Waals surface area contributed by atoms with Gasteiger partial charge in [-0.25, -0.2) is 5.43 Å². The molecule has 0 aliphatic carbocycles. The molecular formula is C26H24N8O2. The highest BCUT2D eigenvalue weighted by Gasteiger charge is 2.09. The second kappa shape index (κ2) is 11.8. The Labute approximate surface area is 208 Å². The SMILES string of the molecule is C/C(C=NNc1nc(NCc2ccccc2)nc(Nc2ccc([N+](=O)[O-])cc2)n1)=C/c1ccccc1. The van der Waals surface area contributed by atoms with Crippen molar-refractivity contribution in [3.05, 3.63) is 112 Å². The van der Waals surface area contributed by atoms with Crippen LogP contribution in [0.1, 0.15) is 18.1 Å². The summed E-state index contributed by atoms with van der Waals surface area (Å²) in [6.45, 7) is 2.46. The van der Waals surface area contributed by atoms with Crippen molar-refractivity contribution in [1.29, 1.82) is 0 Å². The van der Waals surface area contributed by atoms with Gasteiger partial charge in [0.05, 0.1) is 11.1 Å². The van der Waals surface area contributed by atoms with E-state index in [1.165, 1.54) is 12.1 Å². The highest BCUT2D eigenvalue weighted by molar-refractivity contribution is 5.85. The molecular weight excluding hydrogens is 456 g/mol. The summed E-state index contributed by atoms with van der Waals surface area (Å²) in [5.41, 5.74) is 6.52. The summed E-state index contributed by atoms with van der Waals surface area (Å²) in [5.74, 6) is 0.824. The number of aromatic nitrogens is 3. The number of nitro benzene ring substituents is 1. The van der Waals surface area contributed by atoms with E-state index in [0.29, 0.717) is 18.2 Å². The van der Waals surface area contributed by atoms with Gasteiger partial charge in [0.2, 0.25) is 17.8 Å². The van der Waals surface area contributed by atoms with Gasteiger partial charge in [-0.2, -0.15) is 20.1 Å². The minimum atomic E-state index is -0.452. The zero-order valence-electron chi connectivity index (χ0n) is 19.5. The summed E-state index contributed by atoms with van der Waals surface area (Å²) >= 11 is 0. The molecule has 0 unspecified atom stereocenters. The first kappa shape index (κ1) is 24.0. The van der Waals surface area contributed by atoms with Crippen molar-refractivity contribution >= 4 is 41.5 Å². The molecule has 4 aromatic rings. The van der Waals surface area contributed by atoms with Crippen molar-refractivity contribution in [3.8, 4) is 0 Å². The van der Waals surface area contributed by atoms with E-state index >= 15 is 0 Å². The molecule has 10 heteroatoms. The third kappa shape index (κ3) is 7.19. The Kier molecular flexibility index (Phi) is 7.90. The van der Waals surface area contributed by atoms with Crippen molar-refractivity contribution in [2.24, 2.45) is 5.10 Å². The Morgan fingerprint density at radius 3 is 2.22 bits per heavy atom. The molecule has 0 aliphatic rings. The van der Waals surface area contributed by atoms with Crippen LogP contribution in [0.5, 0.6) is 0 Å². The smallest absolute Gasteiger partial charge is 0.269 e. The van der Waals surface area contributed by atoms with Crippen LogP contribution in [0.3, 0.4) is 0 Å². The van der Waals surface area contributed by atoms with Gasteiger partial charge < -0.3 is 10.6 Å². The third-order valence-electron chi connectivity index (χ3n) is 4.89. The number of nitro groups is 1. The van der Waals surface area contributed by atoms with Gasteiger partial charge in [0.15, 0.2) is 0 Å². The van der Waals surface area contributed by atoms with E-state index in [0.717, 1.165) is 16.7 Å². The van der Waals surface area contributed by atoms with Crippen molar-refractivity contribution in [2.75, 3.05) is 16.1 Å². The highest BCUT2D eigenvalue weighted by atomic mass is 16.6. The number of nitrogens with one attached hydrogen (secondary N) is 3. The van der Waals surface area contributed by atoms with Crippen LogP contribution in [-0.2, 0) is 6.54 Å². The van der Waals surface area contributed by atoms with E-state index in [9.17, 15) is 10.1 Å². The van der Waals surface area contributed by atoms with Gasteiger partial charge in [0, 0.05) is 24.4 Å². The molecule has 0 atom stereocenters. The first-order chi connectivity index (χ1) is 17.5. The van der Waals surface area contributed by atoms with Crippen LogP contribution in [0, 0.1) is 10.1 Å². The fourth-order valence-electron chi connectivity index (χ4n) is 3.17. The summed E-state index contributed by atoms with van der Waals surface area (Å²) in [6, 6.07) is 25.8. The average Bonchev–Trinajstić information content (AvgIpc) is 2.89. The van der Waals surface area contributed by atoms with E-state index < -0.39 is 4.92 Å². The van der Waals surface area contributed by atoms with Gasteiger partial charge in [-0.1, -0.05) is 66.7 Å². The maximum absolute atomic E-state index is 10.9. The van der Waals surface area contributed by atoms with Gasteiger partial charge in [0.25, 0.3) is 5.69 Å². The standard InChI is InChI=1S/C26H24N8O2/c1-19(16-20-8-4-2-5-9-20)17-28-33-26-31-24(27-18-21-10-6-3-7-11-21)30-25(32-26)29-22-12-14-23(15-13-22)34(35)36/h2-17H,18H2,1H3,(H3,27,29,30,31,32,33)/b19-16-,28-17?. The first-order valence-corrected chi connectivity index (χ1v) is 11.1. The number of rotatable bonds is 10. The lowest BCUT2D eigenvalue weighted by Gasteiger charge is -2.10. The van der Waals surface area contributed by atoms with E-state index in [1.54, 1.807) is 18.3 Å². The van der Waals surface area contributed by atoms with Crippen molar-refractivity contribution in [3.63, 3.8) is 0 Å². The van der Waals surface area contributed by atoms with E-state index in [2.05, 4.69) is 36.1 Å². The minimum absolute atomic E-state index is 0.00275. The molecule has 1 aromatic heterocycles. The van der Waals surface area contributed by atoms with Crippen LogP contribution in [0.25, 0.3) is 6.08 Å². The van der Waals surface area contributed by atoms with Crippen molar-refractivity contribution in [2.45, 2.75) is 13.5 Å². The van der Waals surface area contributed by atoms with E-state index in [4.69, 9.17) is 0 Å². The second-order valence-electron chi connectivity index (χ2n) is 7.74. The Bertz CT molecular complexity index is 1360. The van der Waals surface area contributed by atoms with Gasteiger partial charge >= 0.3 is 0 Å². The molecule has 1 heterocycles. The molecule has 0 bridgehead atoms. The van der Waals surface area contributed by atoms with Crippen molar-refractivity contribution < 1.29 is 4.92 Å². The molecule has 36 heavy (non-hydrogen) atoms. The predicted octanol–water partition coefficient (Wildman–Crippen LogP) is 5.64. The number of non-ortho nitro benzene ring substituents is 1. The minimum Gasteiger partial charge on any atom is -0.350 e. The predicted molar refractivity (Wildman–Crippen MR) is 142 cm³/mol. The number of nitrogens with zero attached hydrogens (tertiary/aromatic N) is 5. The van der Waals surface area contributed by atoms with Crippen LogP contribution in [0.4, 0.5) is 29.2 Å². The molecule has 0 aliphatic heterocycles. The number of hydrogen-bond acceptors (Lipinski definition) is 9. The summed E-state index contributed by atoms with van der Waals surface area (Å²) in [7, 11) is 0. The van der Waals surface area contributed by atoms with E-state index in [1.807, 2.05) is 73.7 Å². The Morgan fingerprint density at radius 1 is 0.889 bits per heavy atom. The number of hydrogen-bond donors (Lipinski definition) is 3. The molecule has 0 saturated carbocycles. The van der Waals surface area contributed by atoms with Crippen LogP contribution in [-0.4, -0.2) is 26.1 Å². The molecule has 4 rings (SSSR count). The fraction of sp³-hybridized carbons (Fsp3) is 0.0769. The van der Waals surface area contributed by atoms with Crippen LogP contribution in [0.2, 0.25) is 0 Å². The molecule has 180 valence electrons. The normalized spacial score (nSPS) is 11.3. The number of anilines is 4. The topological polar surface area (TPSA) is 130 Å². The molecule has 3 N–H and O–H groups in total. The largest absolute Gasteiger partial charge is 0.350 e. The van der Waals surface area contributed by atoms with Crippen LogP contribution < -0.4 is 16.1 Å². The fourth-order valence-corrected chi connectivity index (χ4v) is 3.17. The molecule has 10 nitrogen and oxygen atoms in total. The lowest BCUT2D eigenvalue weighted by Crippen LogP contribution is -2.09. The quantitative estimate of drug-likeness (QED) is 0.151. The van der Waals surface area contributed by atoms with Gasteiger partial charge in [-0.05, 0) is 35.8 Å². The zero-order chi connectivity index (χ0) is 25.2. The molecule has 0 saturated heterocycles. The van der Waals surface area contributed by atoms with Gasteiger partial charge in [-0.15, -0.1) is 0 Å². The van der Waals surface area contributed by atoms with Gasteiger partial charge in [0.1, 0.15) is 0 Å². The van der Waals surface area contributed by atoms with E-state index in [-0.39, 0.29) is 17.6 Å². The van der Waals surface area contributed by atoms with Crippen LogP contribution in [0.15, 0.2) is 95.6 Å². The lowest BCUT2D eigenvalue weighted by molar-refractivity contribution is -0.384. The zero-order valence-corrected chi connectivity index (χ0v) is 19.5. The molecule has 0 spiro atoms. The lowest BCUT2D eigenvalue weighted by atomic mass is 10.1. The number of benzene rings is 3. The Hall–Kier alpha value is -5.12. The second-order valence-corrected chi connectivity index (χ2v) is 7.74. The number of hydrazone groups is 1. The maximum atomic E-state index is 10.9. The Balaban J connectivity index is 1.51. The summed E-state index contributed by atoms with van der Waals surface area (Å²) in [5, 5.41) is 21.4. The monoisotopic (exact) mass is 480 g/mol. The first-order valence-electron chi connectivity index (χ1n) is 11.1. The van der Waals surface area contributed by atoms with Gasteiger partial charge in [-0.3, -0.25) is 10.1 Å². The highest BCUT2D eigenvalue weighted by Crippen LogP contribution is 2.20. The Morgan fingerprint density at radius 2 is 1.53 bits per heavy atom. The summed E-state index contributed by atoms with van der Waals surface area (Å²) in [4.78, 5) is 23.7. The molecule has 0 amide bonds. The number of allylic oxidation sites excluding steroid dienone is 1. The van der Waals surface area contributed by atoms with Crippen molar-refractivity contribution in [1.82, 2.24) is 15.0 Å². The maximum Gasteiger partial charge on any atom is 0.269 e. The molecule has 3 aromatic carbocycles. The summed E-state index contributed by atoms with van der Waals surface area (Å²) < 4.78 is 0. The van der Waals surface area contributed by atoms with Crippen LogP contribution >= 0.6 is 0 Å². The average molecular weight is 481 g/mol. The third-order valence-corrected chi connectivity index (χ3v) is 4.89. The molecule has 0 radical (unpaired) electrons.